The summed E-state index contributed by atoms with van der Waals surface area (Å²) in [6, 6.07) is 5.08. The van der Waals surface area contributed by atoms with E-state index in [0.29, 0.717) is 22.6 Å². The molecule has 0 aliphatic heterocycles. The summed E-state index contributed by atoms with van der Waals surface area (Å²) in [5.74, 6) is -0.851. The fraction of sp³-hybridized carbons (Fsp3) is 0.357. The van der Waals surface area contributed by atoms with Crippen LogP contribution >= 0.6 is 0 Å². The highest BCUT2D eigenvalue weighted by atomic mass is 16.5. The van der Waals surface area contributed by atoms with Gasteiger partial charge in [-0.3, -0.25) is 4.79 Å². The molecule has 38 heavy (non-hydrogen) atoms. The molecule has 0 saturated carbocycles. The monoisotopic (exact) mass is 527 g/mol. The maximum absolute atomic E-state index is 13.4. The van der Waals surface area contributed by atoms with Gasteiger partial charge in [0.05, 0.1) is 53.8 Å². The van der Waals surface area contributed by atoms with Crippen molar-refractivity contribution in [1.29, 1.82) is 0 Å². The van der Waals surface area contributed by atoms with Crippen molar-refractivity contribution in [3.05, 3.63) is 34.9 Å². The Morgan fingerprint density at radius 2 is 1.42 bits per heavy atom. The van der Waals surface area contributed by atoms with Gasteiger partial charge >= 0.3 is 5.97 Å². The average Bonchev–Trinajstić information content (AvgIpc) is 2.91. The fourth-order valence-corrected chi connectivity index (χ4v) is 4.73. The third-order valence-electron chi connectivity index (χ3n) is 6.22. The van der Waals surface area contributed by atoms with Gasteiger partial charge in [0.1, 0.15) is 5.75 Å². The number of primary amides is 1. The normalized spacial score (nSPS) is 10.9. The van der Waals surface area contributed by atoms with Crippen molar-refractivity contribution in [1.82, 2.24) is 0 Å². The molecule has 3 N–H and O–H groups in total. The van der Waals surface area contributed by atoms with Gasteiger partial charge in [-0.05, 0) is 30.0 Å². The summed E-state index contributed by atoms with van der Waals surface area (Å²) < 4.78 is 33.0. The molecule has 0 fully saturated rings. The molecule has 10 nitrogen and oxygen atoms in total. The number of methoxy groups -OCH3 is 6. The number of phenols is 1. The molecule has 0 atom stereocenters. The molecular formula is C28H33NO9. The highest BCUT2D eigenvalue weighted by Crippen LogP contribution is 2.55. The van der Waals surface area contributed by atoms with Gasteiger partial charge in [0.15, 0.2) is 23.0 Å². The molecule has 204 valence electrons. The number of hydrogen-bond acceptors (Lipinski definition) is 9. The minimum Gasteiger partial charge on any atom is -0.507 e. The lowest BCUT2D eigenvalue weighted by Crippen LogP contribution is -2.17. The number of benzene rings is 3. The first kappa shape index (κ1) is 28.2. The topological polar surface area (TPSA) is 136 Å². The van der Waals surface area contributed by atoms with Crippen LogP contribution in [0.3, 0.4) is 0 Å². The standard InChI is InChI=1S/C28H33NO9/c1-13(2)11-15-19(28(32)38-8)18(14-9-10-16(33-3)17(12-14)34-4)21-20(23(15)30)22(27(29)31)25(36-6)26(37-7)24(21)35-5/h9-10,12-13,30H,11H2,1-8H3,(H2,29,31). The molecule has 0 radical (unpaired) electrons. The van der Waals surface area contributed by atoms with E-state index in [2.05, 4.69) is 0 Å². The quantitative estimate of drug-likeness (QED) is 0.369. The first-order chi connectivity index (χ1) is 18.1. The minimum atomic E-state index is -0.873. The van der Waals surface area contributed by atoms with Gasteiger partial charge in [-0.15, -0.1) is 0 Å². The van der Waals surface area contributed by atoms with E-state index in [9.17, 15) is 14.7 Å². The maximum Gasteiger partial charge on any atom is 0.338 e. The molecule has 0 aromatic heterocycles. The molecule has 0 aliphatic rings. The van der Waals surface area contributed by atoms with E-state index in [0.717, 1.165) is 0 Å². The minimum absolute atomic E-state index is 0.0130. The van der Waals surface area contributed by atoms with Crippen molar-refractivity contribution in [3.8, 4) is 45.6 Å². The summed E-state index contributed by atoms with van der Waals surface area (Å²) >= 11 is 0. The molecule has 1 amide bonds. The van der Waals surface area contributed by atoms with E-state index >= 15 is 0 Å². The van der Waals surface area contributed by atoms with Crippen LogP contribution in [0.4, 0.5) is 0 Å². The zero-order valence-electron chi connectivity index (χ0n) is 22.8. The number of esters is 1. The second kappa shape index (κ2) is 11.4. The number of nitrogens with two attached hydrogens (primary N) is 1. The summed E-state index contributed by atoms with van der Waals surface area (Å²) in [6.45, 7) is 3.87. The van der Waals surface area contributed by atoms with Crippen molar-refractivity contribution in [2.75, 3.05) is 42.7 Å². The molecule has 0 unspecified atom stereocenters. The van der Waals surface area contributed by atoms with Crippen LogP contribution in [0.1, 0.15) is 40.1 Å². The zero-order valence-corrected chi connectivity index (χ0v) is 22.8. The lowest BCUT2D eigenvalue weighted by molar-refractivity contribution is 0.0599. The Bertz CT molecular complexity index is 1400. The molecule has 0 saturated heterocycles. The van der Waals surface area contributed by atoms with Crippen LogP contribution in [0.15, 0.2) is 18.2 Å². The molecule has 0 heterocycles. The van der Waals surface area contributed by atoms with Crippen LogP contribution in [0.25, 0.3) is 21.9 Å². The molecule has 3 aromatic carbocycles. The Kier molecular flexibility index (Phi) is 8.45. The number of rotatable bonds is 10. The third-order valence-corrected chi connectivity index (χ3v) is 6.22. The van der Waals surface area contributed by atoms with Gasteiger partial charge in [0.25, 0.3) is 5.91 Å². The summed E-state index contributed by atoms with van der Waals surface area (Å²) in [5.41, 5.74) is 6.90. The highest BCUT2D eigenvalue weighted by Gasteiger charge is 2.35. The number of phenolic OH excluding ortho intramolecular Hbond substituents is 1. The average molecular weight is 528 g/mol. The third kappa shape index (κ3) is 4.57. The summed E-state index contributed by atoms with van der Waals surface area (Å²) in [7, 11) is 8.37. The SMILES string of the molecule is COC(=O)c1c(CC(C)C)c(O)c2c(C(N)=O)c(OC)c(OC)c(OC)c2c1-c1ccc(OC)c(OC)c1. The number of hydrogen-bond donors (Lipinski definition) is 2. The number of ether oxygens (including phenoxy) is 6. The number of aromatic hydroxyl groups is 1. The van der Waals surface area contributed by atoms with Gasteiger partial charge in [0.2, 0.25) is 5.75 Å². The van der Waals surface area contributed by atoms with Crippen molar-refractivity contribution >= 4 is 22.6 Å². The van der Waals surface area contributed by atoms with E-state index in [1.807, 2.05) is 13.8 Å². The molecule has 10 heteroatoms. The first-order valence-electron chi connectivity index (χ1n) is 11.7. The highest BCUT2D eigenvalue weighted by molar-refractivity contribution is 6.22. The largest absolute Gasteiger partial charge is 0.507 e. The van der Waals surface area contributed by atoms with Gasteiger partial charge in [-0.2, -0.15) is 0 Å². The second-order valence-electron chi connectivity index (χ2n) is 8.83. The van der Waals surface area contributed by atoms with Crippen molar-refractivity contribution in [3.63, 3.8) is 0 Å². The van der Waals surface area contributed by atoms with Gasteiger partial charge < -0.3 is 39.3 Å². The van der Waals surface area contributed by atoms with Crippen LogP contribution in [-0.4, -0.2) is 59.6 Å². The Balaban J connectivity index is 2.82. The predicted molar refractivity (Wildman–Crippen MR) is 142 cm³/mol. The lowest BCUT2D eigenvalue weighted by Gasteiger charge is -2.25. The number of amides is 1. The molecule has 0 bridgehead atoms. The number of fused-ring (bicyclic) bond motifs is 1. The first-order valence-corrected chi connectivity index (χ1v) is 11.7. The van der Waals surface area contributed by atoms with Crippen LogP contribution in [-0.2, 0) is 11.2 Å². The van der Waals surface area contributed by atoms with E-state index < -0.39 is 11.9 Å². The summed E-state index contributed by atoms with van der Waals surface area (Å²) in [5, 5.41) is 12.0. The van der Waals surface area contributed by atoms with Crippen LogP contribution in [0.5, 0.6) is 34.5 Å². The van der Waals surface area contributed by atoms with Crippen LogP contribution < -0.4 is 29.4 Å². The van der Waals surface area contributed by atoms with Gasteiger partial charge in [0, 0.05) is 21.9 Å². The molecule has 0 aliphatic carbocycles. The maximum atomic E-state index is 13.4. The van der Waals surface area contributed by atoms with Gasteiger partial charge in [-0.1, -0.05) is 19.9 Å². The van der Waals surface area contributed by atoms with Crippen LogP contribution in [0.2, 0.25) is 0 Å². The van der Waals surface area contributed by atoms with E-state index in [-0.39, 0.29) is 62.8 Å². The summed E-state index contributed by atoms with van der Waals surface area (Å²) in [4.78, 5) is 26.3. The smallest absolute Gasteiger partial charge is 0.338 e. The fourth-order valence-electron chi connectivity index (χ4n) is 4.73. The molecule has 3 rings (SSSR count). The summed E-state index contributed by atoms with van der Waals surface area (Å²) in [6.07, 6.45) is 0.279. The number of carbonyl (C=O) groups excluding carboxylic acids is 2. The van der Waals surface area contributed by atoms with E-state index in [1.165, 1.54) is 42.7 Å². The predicted octanol–water partition coefficient (Wildman–Crippen LogP) is 4.34. The Labute approximate surface area is 221 Å². The molecule has 0 spiro atoms. The lowest BCUT2D eigenvalue weighted by atomic mass is 9.83. The van der Waals surface area contributed by atoms with E-state index in [1.54, 1.807) is 18.2 Å². The molecular weight excluding hydrogens is 494 g/mol. The van der Waals surface area contributed by atoms with E-state index in [4.69, 9.17) is 34.2 Å². The zero-order chi connectivity index (χ0) is 28.3. The van der Waals surface area contributed by atoms with Gasteiger partial charge in [-0.25, -0.2) is 4.79 Å². The van der Waals surface area contributed by atoms with Crippen LogP contribution in [0, 0.1) is 5.92 Å². The Morgan fingerprint density at radius 3 is 1.89 bits per heavy atom. The van der Waals surface area contributed by atoms with Crippen molar-refractivity contribution in [2.24, 2.45) is 11.7 Å². The Hall–Kier alpha value is -4.34. The Morgan fingerprint density at radius 1 is 0.816 bits per heavy atom. The van der Waals surface area contributed by atoms with Crippen molar-refractivity contribution in [2.45, 2.75) is 20.3 Å². The number of carbonyl (C=O) groups is 2. The second-order valence-corrected chi connectivity index (χ2v) is 8.83. The van der Waals surface area contributed by atoms with Crippen molar-refractivity contribution < 1.29 is 43.1 Å². The molecule has 3 aromatic rings.